The van der Waals surface area contributed by atoms with Crippen molar-refractivity contribution in [1.82, 2.24) is 0 Å². The summed E-state index contributed by atoms with van der Waals surface area (Å²) in [6.07, 6.45) is 0. The predicted molar refractivity (Wildman–Crippen MR) is 71.2 cm³/mol. The third-order valence-corrected chi connectivity index (χ3v) is 4.74. The molecule has 1 heterocycles. The van der Waals surface area contributed by atoms with E-state index in [1.165, 1.54) is 0 Å². The second kappa shape index (κ2) is 5.17. The van der Waals surface area contributed by atoms with Crippen molar-refractivity contribution in [1.29, 1.82) is 0 Å². The van der Waals surface area contributed by atoms with E-state index in [1.807, 2.05) is 30.3 Å². The maximum atomic E-state index is 5.63. The molecule has 1 aromatic carbocycles. The molecular weight excluding hydrogens is 255 g/mol. The van der Waals surface area contributed by atoms with Crippen LogP contribution in [-0.4, -0.2) is 13.2 Å². The molecule has 0 bridgehead atoms. The SMILES string of the molecule is CC1(C)COP(=S)(OCc2ccccc2)OC1. The topological polar surface area (TPSA) is 27.7 Å². The molecule has 1 saturated heterocycles. The molecule has 0 amide bonds. The normalized spacial score (nSPS) is 22.2. The second-order valence-electron chi connectivity index (χ2n) is 4.92. The Bertz CT molecular complexity index is 405. The van der Waals surface area contributed by atoms with Crippen LogP contribution in [0.15, 0.2) is 30.3 Å². The van der Waals surface area contributed by atoms with Crippen LogP contribution in [0.5, 0.6) is 0 Å². The Morgan fingerprint density at radius 1 is 1.24 bits per heavy atom. The Labute approximate surface area is 107 Å². The van der Waals surface area contributed by atoms with Gasteiger partial charge >= 0.3 is 6.72 Å². The van der Waals surface area contributed by atoms with E-state index >= 15 is 0 Å². The van der Waals surface area contributed by atoms with E-state index in [1.54, 1.807) is 0 Å². The van der Waals surface area contributed by atoms with E-state index in [4.69, 9.17) is 25.4 Å². The molecule has 0 spiro atoms. The average Bonchev–Trinajstić information content (AvgIpc) is 2.33. The van der Waals surface area contributed by atoms with Crippen molar-refractivity contribution in [2.75, 3.05) is 13.2 Å². The smallest absolute Gasteiger partial charge is 0.308 e. The largest absolute Gasteiger partial charge is 0.327 e. The fourth-order valence-corrected chi connectivity index (χ4v) is 3.41. The first-order valence-electron chi connectivity index (χ1n) is 5.57. The van der Waals surface area contributed by atoms with Crippen molar-refractivity contribution in [2.24, 2.45) is 5.41 Å². The highest BCUT2D eigenvalue weighted by molar-refractivity contribution is 8.07. The van der Waals surface area contributed by atoms with Crippen LogP contribution in [-0.2, 0) is 32.0 Å². The highest BCUT2D eigenvalue weighted by Crippen LogP contribution is 2.55. The van der Waals surface area contributed by atoms with Crippen molar-refractivity contribution in [3.8, 4) is 0 Å². The quantitative estimate of drug-likeness (QED) is 0.787. The molecule has 94 valence electrons. The lowest BCUT2D eigenvalue weighted by atomic mass is 9.97. The molecule has 0 radical (unpaired) electrons. The standard InChI is InChI=1S/C12H17O3PS/c1-12(2)9-14-16(17,15-10-12)13-8-11-6-4-3-5-7-11/h3-7H,8-10H2,1-2H3. The summed E-state index contributed by atoms with van der Waals surface area (Å²) in [5, 5.41) is 0. The average molecular weight is 272 g/mol. The minimum atomic E-state index is -2.53. The van der Waals surface area contributed by atoms with E-state index in [9.17, 15) is 0 Å². The highest BCUT2D eigenvalue weighted by Gasteiger charge is 2.34. The number of benzene rings is 1. The Hall–Kier alpha value is -0.250. The minimum Gasteiger partial charge on any atom is -0.308 e. The van der Waals surface area contributed by atoms with E-state index in [0.29, 0.717) is 19.8 Å². The molecule has 0 unspecified atom stereocenters. The third-order valence-electron chi connectivity index (χ3n) is 2.46. The fraction of sp³-hybridized carbons (Fsp3) is 0.500. The Kier molecular flexibility index (Phi) is 4.01. The molecule has 0 saturated carbocycles. The highest BCUT2D eigenvalue weighted by atomic mass is 32.5. The van der Waals surface area contributed by atoms with Gasteiger partial charge in [-0.2, -0.15) is 0 Å². The lowest BCUT2D eigenvalue weighted by Gasteiger charge is -2.35. The van der Waals surface area contributed by atoms with Gasteiger partial charge in [0.15, 0.2) is 0 Å². The Morgan fingerprint density at radius 3 is 2.41 bits per heavy atom. The third kappa shape index (κ3) is 3.87. The maximum Gasteiger partial charge on any atom is 0.327 e. The van der Waals surface area contributed by atoms with Crippen molar-refractivity contribution < 1.29 is 13.6 Å². The minimum absolute atomic E-state index is 0.0262. The van der Waals surface area contributed by atoms with Crippen molar-refractivity contribution in [3.05, 3.63) is 35.9 Å². The fourth-order valence-electron chi connectivity index (χ4n) is 1.39. The molecular formula is C12H17O3PS. The van der Waals surface area contributed by atoms with Crippen molar-refractivity contribution in [3.63, 3.8) is 0 Å². The van der Waals surface area contributed by atoms with Gasteiger partial charge in [-0.1, -0.05) is 44.2 Å². The Balaban J connectivity index is 1.90. The summed E-state index contributed by atoms with van der Waals surface area (Å²) in [5.74, 6) is 0. The zero-order chi connectivity index (χ0) is 12.4. The van der Waals surface area contributed by atoms with Gasteiger partial charge in [-0.15, -0.1) is 0 Å². The Morgan fingerprint density at radius 2 is 1.82 bits per heavy atom. The van der Waals surface area contributed by atoms with Crippen LogP contribution in [0, 0.1) is 5.41 Å². The van der Waals surface area contributed by atoms with E-state index < -0.39 is 6.72 Å². The summed E-state index contributed by atoms with van der Waals surface area (Å²) < 4.78 is 16.8. The van der Waals surface area contributed by atoms with E-state index in [2.05, 4.69) is 13.8 Å². The van der Waals surface area contributed by atoms with E-state index in [0.717, 1.165) is 5.56 Å². The van der Waals surface area contributed by atoms with Crippen molar-refractivity contribution >= 4 is 18.5 Å². The summed E-state index contributed by atoms with van der Waals surface area (Å²) in [6, 6.07) is 9.90. The summed E-state index contributed by atoms with van der Waals surface area (Å²) >= 11 is 5.30. The lowest BCUT2D eigenvalue weighted by Crippen LogP contribution is -2.29. The number of rotatable bonds is 3. The molecule has 5 heteroatoms. The zero-order valence-corrected chi connectivity index (χ0v) is 11.8. The van der Waals surface area contributed by atoms with Gasteiger partial charge in [0.05, 0.1) is 19.8 Å². The molecule has 1 aliphatic heterocycles. The molecule has 0 atom stereocenters. The van der Waals surface area contributed by atoms with Crippen LogP contribution in [0.1, 0.15) is 19.4 Å². The van der Waals surface area contributed by atoms with Gasteiger partial charge in [0.2, 0.25) is 0 Å². The lowest BCUT2D eigenvalue weighted by molar-refractivity contribution is 0.0236. The van der Waals surface area contributed by atoms with Gasteiger partial charge in [0.25, 0.3) is 0 Å². The van der Waals surface area contributed by atoms with Gasteiger partial charge in [-0.25, -0.2) is 0 Å². The monoisotopic (exact) mass is 272 g/mol. The summed E-state index contributed by atoms with van der Waals surface area (Å²) in [7, 11) is 0. The summed E-state index contributed by atoms with van der Waals surface area (Å²) in [4.78, 5) is 0. The molecule has 0 aliphatic carbocycles. The van der Waals surface area contributed by atoms with Crippen LogP contribution >= 0.6 is 6.72 Å². The maximum absolute atomic E-state index is 5.63. The van der Waals surface area contributed by atoms with Crippen LogP contribution in [0.25, 0.3) is 0 Å². The van der Waals surface area contributed by atoms with E-state index in [-0.39, 0.29) is 5.41 Å². The predicted octanol–water partition coefficient (Wildman–Crippen LogP) is 3.50. The van der Waals surface area contributed by atoms with Gasteiger partial charge in [-0.3, -0.25) is 0 Å². The molecule has 1 aliphatic rings. The van der Waals surface area contributed by atoms with Crippen molar-refractivity contribution in [2.45, 2.75) is 20.5 Å². The molecule has 17 heavy (non-hydrogen) atoms. The summed E-state index contributed by atoms with van der Waals surface area (Å²) in [6.45, 7) is 3.28. The number of hydrogen-bond donors (Lipinski definition) is 0. The molecule has 0 N–H and O–H groups in total. The first kappa shape index (κ1) is 13.2. The zero-order valence-electron chi connectivity index (χ0n) is 10.1. The van der Waals surface area contributed by atoms with Gasteiger partial charge in [-0.05, 0) is 17.4 Å². The molecule has 0 aromatic heterocycles. The first-order chi connectivity index (χ1) is 7.99. The van der Waals surface area contributed by atoms with Gasteiger partial charge in [0.1, 0.15) is 0 Å². The van der Waals surface area contributed by atoms with Crippen LogP contribution in [0.3, 0.4) is 0 Å². The second-order valence-corrected chi connectivity index (χ2v) is 7.93. The molecule has 1 aromatic rings. The number of hydrogen-bond acceptors (Lipinski definition) is 4. The van der Waals surface area contributed by atoms with Crippen LogP contribution < -0.4 is 0 Å². The van der Waals surface area contributed by atoms with Gasteiger partial charge in [0, 0.05) is 5.41 Å². The summed E-state index contributed by atoms with van der Waals surface area (Å²) in [5.41, 5.74) is 1.10. The first-order valence-corrected chi connectivity index (χ1v) is 8.12. The van der Waals surface area contributed by atoms with Crippen LogP contribution in [0.2, 0.25) is 0 Å². The van der Waals surface area contributed by atoms with Gasteiger partial charge < -0.3 is 13.6 Å². The van der Waals surface area contributed by atoms with Crippen LogP contribution in [0.4, 0.5) is 0 Å². The molecule has 1 fully saturated rings. The molecule has 3 nitrogen and oxygen atoms in total. The molecule has 2 rings (SSSR count).